The van der Waals surface area contributed by atoms with Crippen LogP contribution in [0.2, 0.25) is 0 Å². The van der Waals surface area contributed by atoms with Crippen molar-refractivity contribution in [1.82, 2.24) is 25.2 Å². The number of aliphatic hydroxyl groups is 1. The van der Waals surface area contributed by atoms with Gasteiger partial charge in [0.1, 0.15) is 0 Å². The Hall–Kier alpha value is -2.05. The van der Waals surface area contributed by atoms with Gasteiger partial charge in [-0.3, -0.25) is 4.90 Å². The summed E-state index contributed by atoms with van der Waals surface area (Å²) in [7, 11) is 0. The largest absolute Gasteiger partial charge is 0.416 e. The molecule has 0 radical (unpaired) electrons. The van der Waals surface area contributed by atoms with Crippen LogP contribution in [0, 0.1) is 0 Å². The smallest absolute Gasteiger partial charge is 0.389 e. The van der Waals surface area contributed by atoms with Crippen LogP contribution in [0.3, 0.4) is 0 Å². The molecule has 2 saturated heterocycles. The minimum Gasteiger partial charge on any atom is -0.389 e. The lowest BCUT2D eigenvalue weighted by molar-refractivity contribution is -0.137. The number of aromatic nitrogens is 3. The first kappa shape index (κ1) is 22.2. The van der Waals surface area contributed by atoms with E-state index in [4.69, 9.17) is 9.47 Å². The van der Waals surface area contributed by atoms with Crippen molar-refractivity contribution < 1.29 is 27.8 Å². The van der Waals surface area contributed by atoms with Crippen LogP contribution in [-0.4, -0.2) is 76.2 Å². The summed E-state index contributed by atoms with van der Waals surface area (Å²) >= 11 is 0. The number of rotatable bonds is 7. The number of alkyl halides is 3. The molecule has 0 spiro atoms. The topological polar surface area (TPSA) is 84.7 Å². The van der Waals surface area contributed by atoms with Crippen molar-refractivity contribution in [2.45, 2.75) is 44.1 Å². The highest BCUT2D eigenvalue weighted by molar-refractivity contribution is 5.24. The molecule has 31 heavy (non-hydrogen) atoms. The number of ether oxygens (including phenoxy) is 2. The summed E-state index contributed by atoms with van der Waals surface area (Å²) < 4.78 is 50.9. The van der Waals surface area contributed by atoms with Gasteiger partial charge in [0.05, 0.1) is 55.9 Å². The van der Waals surface area contributed by atoms with Crippen LogP contribution in [-0.2, 0) is 35.3 Å². The third kappa shape index (κ3) is 5.80. The Morgan fingerprint density at radius 3 is 2.61 bits per heavy atom. The van der Waals surface area contributed by atoms with Gasteiger partial charge in [-0.05, 0) is 17.7 Å². The van der Waals surface area contributed by atoms with Gasteiger partial charge in [-0.15, -0.1) is 5.10 Å². The van der Waals surface area contributed by atoms with Crippen molar-refractivity contribution in [3.63, 3.8) is 0 Å². The standard InChI is InChI=1S/C20H26F3N5O3/c21-20(22,23)15-3-1-14(2-4-15)9-24-19-17(29)13-31-18(19)12-28-11-16(25-26-28)10-27-5-7-30-8-6-27/h1-4,11,17-19,24,29H,5-10,12-13H2/t17-,18+,19+/m0/s1. The number of hydrogen-bond donors (Lipinski definition) is 2. The lowest BCUT2D eigenvalue weighted by atomic mass is 10.1. The number of nitrogens with zero attached hydrogens (tertiary/aromatic N) is 4. The highest BCUT2D eigenvalue weighted by atomic mass is 19.4. The summed E-state index contributed by atoms with van der Waals surface area (Å²) in [4.78, 5) is 2.25. The zero-order valence-electron chi connectivity index (χ0n) is 17.0. The maximum absolute atomic E-state index is 12.7. The van der Waals surface area contributed by atoms with Crippen LogP contribution in [0.5, 0.6) is 0 Å². The molecule has 1 aromatic heterocycles. The van der Waals surface area contributed by atoms with Gasteiger partial charge in [0.15, 0.2) is 0 Å². The number of morpholine rings is 1. The molecule has 170 valence electrons. The second kappa shape index (κ2) is 9.61. The normalized spacial score (nSPS) is 25.2. The van der Waals surface area contributed by atoms with E-state index in [0.717, 1.165) is 30.9 Å². The van der Waals surface area contributed by atoms with Gasteiger partial charge in [-0.1, -0.05) is 17.3 Å². The lowest BCUT2D eigenvalue weighted by Gasteiger charge is -2.25. The molecule has 0 aliphatic carbocycles. The van der Waals surface area contributed by atoms with Crippen molar-refractivity contribution in [3.05, 3.63) is 47.3 Å². The summed E-state index contributed by atoms with van der Waals surface area (Å²) in [5.41, 5.74) is 0.867. The molecule has 0 bridgehead atoms. The molecule has 2 N–H and O–H groups in total. The molecule has 0 amide bonds. The minimum atomic E-state index is -4.36. The Kier molecular flexibility index (Phi) is 6.87. The van der Waals surface area contributed by atoms with E-state index >= 15 is 0 Å². The third-order valence-electron chi connectivity index (χ3n) is 5.56. The molecule has 8 nitrogen and oxygen atoms in total. The lowest BCUT2D eigenvalue weighted by Crippen LogP contribution is -2.45. The van der Waals surface area contributed by atoms with E-state index in [1.165, 1.54) is 12.1 Å². The van der Waals surface area contributed by atoms with Crippen molar-refractivity contribution in [3.8, 4) is 0 Å². The average Bonchev–Trinajstić information content (AvgIpc) is 3.33. The Morgan fingerprint density at radius 1 is 1.16 bits per heavy atom. The predicted molar refractivity (Wildman–Crippen MR) is 104 cm³/mol. The molecule has 11 heteroatoms. The molecule has 2 aromatic rings. The maximum atomic E-state index is 12.7. The molecular formula is C20H26F3N5O3. The van der Waals surface area contributed by atoms with Crippen LogP contribution in [0.15, 0.2) is 30.5 Å². The second-order valence-corrected chi connectivity index (χ2v) is 7.86. The summed E-state index contributed by atoms with van der Waals surface area (Å²) in [5.74, 6) is 0. The first-order valence-corrected chi connectivity index (χ1v) is 10.3. The Balaban J connectivity index is 1.31. The van der Waals surface area contributed by atoms with Gasteiger partial charge in [0.25, 0.3) is 0 Å². The molecule has 0 unspecified atom stereocenters. The predicted octanol–water partition coefficient (Wildman–Crippen LogP) is 1.05. The van der Waals surface area contributed by atoms with Crippen LogP contribution < -0.4 is 5.32 Å². The number of hydrogen-bond acceptors (Lipinski definition) is 7. The first-order valence-electron chi connectivity index (χ1n) is 10.3. The van der Waals surface area contributed by atoms with Gasteiger partial charge in [-0.25, -0.2) is 4.68 Å². The monoisotopic (exact) mass is 441 g/mol. The van der Waals surface area contributed by atoms with E-state index < -0.39 is 17.8 Å². The molecule has 3 atom stereocenters. The number of nitrogens with one attached hydrogen (secondary N) is 1. The average molecular weight is 441 g/mol. The SMILES string of the molecule is O[C@H]1CO[C@H](Cn2cc(CN3CCOCC3)nn2)[C@@H]1NCc1ccc(C(F)(F)F)cc1. The van der Waals surface area contributed by atoms with E-state index in [1.807, 2.05) is 6.20 Å². The van der Waals surface area contributed by atoms with Gasteiger partial charge in [-0.2, -0.15) is 13.2 Å². The van der Waals surface area contributed by atoms with Gasteiger partial charge in [0.2, 0.25) is 0 Å². The van der Waals surface area contributed by atoms with E-state index in [9.17, 15) is 18.3 Å². The zero-order valence-corrected chi connectivity index (χ0v) is 17.0. The highest BCUT2D eigenvalue weighted by Crippen LogP contribution is 2.29. The molecule has 2 fully saturated rings. The summed E-state index contributed by atoms with van der Waals surface area (Å²) in [5, 5.41) is 21.9. The highest BCUT2D eigenvalue weighted by Gasteiger charge is 2.36. The molecule has 1 aromatic carbocycles. The van der Waals surface area contributed by atoms with Crippen molar-refractivity contribution >= 4 is 0 Å². The van der Waals surface area contributed by atoms with E-state index in [0.29, 0.717) is 38.4 Å². The van der Waals surface area contributed by atoms with Crippen molar-refractivity contribution in [1.29, 1.82) is 0 Å². The van der Waals surface area contributed by atoms with E-state index in [2.05, 4.69) is 20.5 Å². The summed E-state index contributed by atoms with van der Waals surface area (Å²) in [6.45, 7) is 4.78. The third-order valence-corrected chi connectivity index (χ3v) is 5.56. The molecule has 3 heterocycles. The van der Waals surface area contributed by atoms with Crippen LogP contribution in [0.4, 0.5) is 13.2 Å². The quantitative estimate of drug-likeness (QED) is 0.665. The van der Waals surface area contributed by atoms with E-state index in [-0.39, 0.29) is 18.8 Å². The number of benzene rings is 1. The van der Waals surface area contributed by atoms with Gasteiger partial charge in [0, 0.05) is 32.4 Å². The molecular weight excluding hydrogens is 415 g/mol. The second-order valence-electron chi connectivity index (χ2n) is 7.86. The fourth-order valence-electron chi connectivity index (χ4n) is 3.83. The van der Waals surface area contributed by atoms with Gasteiger partial charge < -0.3 is 19.9 Å². The zero-order chi connectivity index (χ0) is 21.8. The van der Waals surface area contributed by atoms with Crippen LogP contribution in [0.1, 0.15) is 16.8 Å². The molecule has 2 aliphatic rings. The fraction of sp³-hybridized carbons (Fsp3) is 0.600. The minimum absolute atomic E-state index is 0.185. The van der Waals surface area contributed by atoms with Crippen LogP contribution in [0.25, 0.3) is 0 Å². The Labute approximate surface area is 177 Å². The maximum Gasteiger partial charge on any atom is 0.416 e. The summed E-state index contributed by atoms with van der Waals surface area (Å²) in [6, 6.07) is 4.61. The number of aliphatic hydroxyl groups excluding tert-OH is 1. The van der Waals surface area contributed by atoms with E-state index in [1.54, 1.807) is 4.68 Å². The fourth-order valence-corrected chi connectivity index (χ4v) is 3.83. The Bertz CT molecular complexity index is 839. The first-order chi connectivity index (χ1) is 14.9. The van der Waals surface area contributed by atoms with Crippen molar-refractivity contribution in [2.75, 3.05) is 32.9 Å². The molecule has 4 rings (SSSR count). The van der Waals surface area contributed by atoms with Crippen molar-refractivity contribution in [2.24, 2.45) is 0 Å². The Morgan fingerprint density at radius 2 is 1.90 bits per heavy atom. The number of halogens is 3. The molecule has 0 saturated carbocycles. The van der Waals surface area contributed by atoms with Crippen LogP contribution >= 0.6 is 0 Å². The molecule has 2 aliphatic heterocycles. The van der Waals surface area contributed by atoms with Gasteiger partial charge >= 0.3 is 6.18 Å². The summed E-state index contributed by atoms with van der Waals surface area (Å²) in [6.07, 6.45) is -3.53.